The van der Waals surface area contributed by atoms with Crippen LogP contribution in [0.25, 0.3) is 0 Å². The summed E-state index contributed by atoms with van der Waals surface area (Å²) >= 11 is 0. The SMILES string of the molecule is COCC1(CC=CC(C)(F)F)CCC1. The fourth-order valence-corrected chi connectivity index (χ4v) is 1.91. The minimum absolute atomic E-state index is 0.149. The molecule has 0 saturated heterocycles. The van der Waals surface area contributed by atoms with Gasteiger partial charge in [-0.1, -0.05) is 12.5 Å². The van der Waals surface area contributed by atoms with Crippen molar-refractivity contribution in [2.24, 2.45) is 5.41 Å². The van der Waals surface area contributed by atoms with Crippen LogP contribution in [-0.2, 0) is 4.74 Å². The predicted molar refractivity (Wildman–Crippen MR) is 52.5 cm³/mol. The fourth-order valence-electron chi connectivity index (χ4n) is 1.91. The highest BCUT2D eigenvalue weighted by atomic mass is 19.3. The van der Waals surface area contributed by atoms with Gasteiger partial charge in [-0.25, -0.2) is 8.78 Å². The summed E-state index contributed by atoms with van der Waals surface area (Å²) in [5, 5.41) is 0. The first kappa shape index (κ1) is 11.6. The Morgan fingerprint density at radius 2 is 2.07 bits per heavy atom. The van der Waals surface area contributed by atoms with Gasteiger partial charge in [-0.3, -0.25) is 0 Å². The molecule has 1 nitrogen and oxygen atoms in total. The van der Waals surface area contributed by atoms with Crippen molar-refractivity contribution < 1.29 is 13.5 Å². The van der Waals surface area contributed by atoms with Gasteiger partial charge in [0.25, 0.3) is 5.92 Å². The van der Waals surface area contributed by atoms with E-state index >= 15 is 0 Å². The highest BCUT2D eigenvalue weighted by molar-refractivity contribution is 4.99. The Balaban J connectivity index is 2.38. The van der Waals surface area contributed by atoms with Crippen LogP contribution in [0.4, 0.5) is 8.78 Å². The number of hydrogen-bond donors (Lipinski definition) is 0. The van der Waals surface area contributed by atoms with E-state index in [0.717, 1.165) is 25.8 Å². The summed E-state index contributed by atoms with van der Waals surface area (Å²) in [4.78, 5) is 0. The minimum Gasteiger partial charge on any atom is -0.384 e. The van der Waals surface area contributed by atoms with Crippen LogP contribution >= 0.6 is 0 Å². The molecule has 3 heteroatoms. The molecule has 1 saturated carbocycles. The average molecular weight is 204 g/mol. The van der Waals surface area contributed by atoms with Crippen LogP contribution in [0.5, 0.6) is 0 Å². The van der Waals surface area contributed by atoms with Gasteiger partial charge in [0.05, 0.1) is 6.61 Å². The van der Waals surface area contributed by atoms with Gasteiger partial charge >= 0.3 is 0 Å². The molecule has 0 amide bonds. The Bertz CT molecular complexity index is 202. The Kier molecular flexibility index (Phi) is 3.65. The molecule has 1 rings (SSSR count). The van der Waals surface area contributed by atoms with E-state index in [1.54, 1.807) is 13.2 Å². The second kappa shape index (κ2) is 4.39. The van der Waals surface area contributed by atoms with E-state index in [1.807, 2.05) is 0 Å². The van der Waals surface area contributed by atoms with Crippen LogP contribution in [0.15, 0.2) is 12.2 Å². The molecular formula is C11H18F2O. The largest absolute Gasteiger partial charge is 0.384 e. The Morgan fingerprint density at radius 1 is 1.43 bits per heavy atom. The van der Waals surface area contributed by atoms with Gasteiger partial charge in [-0.2, -0.15) is 0 Å². The Morgan fingerprint density at radius 3 is 2.43 bits per heavy atom. The number of alkyl halides is 2. The zero-order chi connectivity index (χ0) is 10.7. The summed E-state index contributed by atoms with van der Waals surface area (Å²) in [6, 6.07) is 0. The second-order valence-electron chi connectivity index (χ2n) is 4.35. The van der Waals surface area contributed by atoms with E-state index in [1.165, 1.54) is 6.42 Å². The molecule has 0 heterocycles. The quantitative estimate of drug-likeness (QED) is 0.623. The van der Waals surface area contributed by atoms with E-state index in [4.69, 9.17) is 4.74 Å². The lowest BCUT2D eigenvalue weighted by atomic mass is 9.67. The van der Waals surface area contributed by atoms with Crippen LogP contribution in [0.2, 0.25) is 0 Å². The lowest BCUT2D eigenvalue weighted by Gasteiger charge is -2.40. The third-order valence-corrected chi connectivity index (χ3v) is 2.83. The molecule has 0 atom stereocenters. The van der Waals surface area contributed by atoms with E-state index in [0.29, 0.717) is 13.0 Å². The summed E-state index contributed by atoms with van der Waals surface area (Å²) in [5.41, 5.74) is 0.149. The van der Waals surface area contributed by atoms with Gasteiger partial charge in [0.2, 0.25) is 0 Å². The first-order valence-electron chi connectivity index (χ1n) is 5.02. The third-order valence-electron chi connectivity index (χ3n) is 2.83. The lowest BCUT2D eigenvalue weighted by Crippen LogP contribution is -2.33. The fraction of sp³-hybridized carbons (Fsp3) is 0.818. The molecule has 1 fully saturated rings. The van der Waals surface area contributed by atoms with E-state index in [9.17, 15) is 8.78 Å². The molecule has 0 N–H and O–H groups in total. The topological polar surface area (TPSA) is 9.23 Å². The van der Waals surface area contributed by atoms with Crippen LogP contribution in [0.3, 0.4) is 0 Å². The lowest BCUT2D eigenvalue weighted by molar-refractivity contribution is 0.0189. The second-order valence-corrected chi connectivity index (χ2v) is 4.35. The minimum atomic E-state index is -2.68. The van der Waals surface area contributed by atoms with Crippen molar-refractivity contribution in [3.63, 3.8) is 0 Å². The average Bonchev–Trinajstić information content (AvgIpc) is 1.97. The Hall–Kier alpha value is -0.440. The predicted octanol–water partition coefficient (Wildman–Crippen LogP) is 3.40. The summed E-state index contributed by atoms with van der Waals surface area (Å²) in [6.45, 7) is 1.60. The zero-order valence-corrected chi connectivity index (χ0v) is 8.85. The van der Waals surface area contributed by atoms with Crippen LogP contribution in [0.1, 0.15) is 32.6 Å². The number of ether oxygens (including phenoxy) is 1. The molecule has 0 unspecified atom stereocenters. The third kappa shape index (κ3) is 3.37. The van der Waals surface area contributed by atoms with Crippen molar-refractivity contribution in [3.05, 3.63) is 12.2 Å². The van der Waals surface area contributed by atoms with Crippen molar-refractivity contribution in [1.82, 2.24) is 0 Å². The molecule has 1 aliphatic carbocycles. The van der Waals surface area contributed by atoms with Gasteiger partial charge in [0.1, 0.15) is 0 Å². The highest BCUT2D eigenvalue weighted by Gasteiger charge is 2.35. The maximum absolute atomic E-state index is 12.5. The number of halogens is 2. The van der Waals surface area contributed by atoms with Crippen molar-refractivity contribution in [2.75, 3.05) is 13.7 Å². The molecule has 0 radical (unpaired) electrons. The number of methoxy groups -OCH3 is 1. The van der Waals surface area contributed by atoms with Crippen molar-refractivity contribution in [1.29, 1.82) is 0 Å². The van der Waals surface area contributed by atoms with Crippen LogP contribution in [-0.4, -0.2) is 19.6 Å². The molecule has 0 bridgehead atoms. The van der Waals surface area contributed by atoms with Gasteiger partial charge in [0, 0.05) is 14.0 Å². The van der Waals surface area contributed by atoms with Crippen LogP contribution in [0, 0.1) is 5.41 Å². The summed E-state index contributed by atoms with van der Waals surface area (Å²) in [5.74, 6) is -2.68. The molecule has 0 aromatic rings. The van der Waals surface area contributed by atoms with Gasteiger partial charge in [-0.05, 0) is 30.8 Å². The number of rotatable bonds is 5. The summed E-state index contributed by atoms with van der Waals surface area (Å²) < 4.78 is 30.1. The first-order chi connectivity index (χ1) is 6.47. The van der Waals surface area contributed by atoms with Crippen molar-refractivity contribution in [2.45, 2.75) is 38.5 Å². The Labute approximate surface area is 84.1 Å². The standard InChI is InChI=1S/C11H18F2O/c1-10(12,13)5-3-6-11(9-14-2)7-4-8-11/h3,5H,4,6-9H2,1-2H3. The molecule has 14 heavy (non-hydrogen) atoms. The maximum Gasteiger partial charge on any atom is 0.263 e. The van der Waals surface area contributed by atoms with E-state index in [2.05, 4.69) is 0 Å². The van der Waals surface area contributed by atoms with Gasteiger partial charge < -0.3 is 4.74 Å². The molecular weight excluding hydrogens is 186 g/mol. The molecule has 0 spiro atoms. The normalized spacial score (nSPS) is 21.1. The molecule has 1 aliphatic rings. The molecule has 82 valence electrons. The van der Waals surface area contributed by atoms with Crippen molar-refractivity contribution in [3.8, 4) is 0 Å². The highest BCUT2D eigenvalue weighted by Crippen LogP contribution is 2.44. The van der Waals surface area contributed by atoms with Gasteiger partial charge in [0.15, 0.2) is 0 Å². The van der Waals surface area contributed by atoms with Crippen LogP contribution < -0.4 is 0 Å². The van der Waals surface area contributed by atoms with E-state index in [-0.39, 0.29) is 5.41 Å². The molecule has 0 aromatic carbocycles. The first-order valence-corrected chi connectivity index (χ1v) is 5.02. The van der Waals surface area contributed by atoms with Gasteiger partial charge in [-0.15, -0.1) is 0 Å². The molecule has 0 aromatic heterocycles. The maximum atomic E-state index is 12.5. The number of allylic oxidation sites excluding steroid dienone is 2. The number of hydrogen-bond acceptors (Lipinski definition) is 1. The zero-order valence-electron chi connectivity index (χ0n) is 8.85. The summed E-state index contributed by atoms with van der Waals surface area (Å²) in [6.07, 6.45) is 6.69. The summed E-state index contributed by atoms with van der Waals surface area (Å²) in [7, 11) is 1.66. The molecule has 0 aliphatic heterocycles. The monoisotopic (exact) mass is 204 g/mol. The van der Waals surface area contributed by atoms with Crippen molar-refractivity contribution >= 4 is 0 Å². The smallest absolute Gasteiger partial charge is 0.263 e. The van der Waals surface area contributed by atoms with E-state index < -0.39 is 5.92 Å².